The van der Waals surface area contributed by atoms with Gasteiger partial charge in [0.2, 0.25) is 0 Å². The third-order valence-corrected chi connectivity index (χ3v) is 11.8. The highest BCUT2D eigenvalue weighted by molar-refractivity contribution is 6.88. The van der Waals surface area contributed by atoms with Gasteiger partial charge in [-0.25, -0.2) is 0 Å². The molecule has 7 aromatic rings. The summed E-state index contributed by atoms with van der Waals surface area (Å²) in [6, 6.07) is 49.7. The lowest BCUT2D eigenvalue weighted by Gasteiger charge is -2.28. The van der Waals surface area contributed by atoms with Crippen LogP contribution in [0.3, 0.4) is 0 Å². The third kappa shape index (κ3) is 3.98. The number of fused-ring (bicyclic) bond motifs is 10. The minimum atomic E-state index is -1.39. The molecule has 2 heteroatoms. The molecule has 0 aromatic heterocycles. The van der Waals surface area contributed by atoms with Crippen LogP contribution in [-0.2, 0) is 5.41 Å². The van der Waals surface area contributed by atoms with Crippen molar-refractivity contribution in [2.75, 3.05) is 4.90 Å². The molecule has 214 valence electrons. The van der Waals surface area contributed by atoms with Crippen LogP contribution in [0.25, 0.3) is 43.4 Å². The Morgan fingerprint density at radius 3 is 1.73 bits per heavy atom. The van der Waals surface area contributed by atoms with Gasteiger partial charge < -0.3 is 4.90 Å². The van der Waals surface area contributed by atoms with Gasteiger partial charge in [-0.1, -0.05) is 136 Å². The number of hydrogen-bond acceptors (Lipinski definition) is 1. The first-order valence-corrected chi connectivity index (χ1v) is 19.2. The molecule has 0 bridgehead atoms. The van der Waals surface area contributed by atoms with E-state index in [2.05, 4.69) is 172 Å². The van der Waals surface area contributed by atoms with Crippen LogP contribution in [0.5, 0.6) is 0 Å². The summed E-state index contributed by atoms with van der Waals surface area (Å²) < 4.78 is 0. The smallest absolute Gasteiger partial charge is 0.0775 e. The van der Waals surface area contributed by atoms with Gasteiger partial charge in [0, 0.05) is 22.5 Å². The molecule has 0 radical (unpaired) electrons. The lowest BCUT2D eigenvalue weighted by Crippen LogP contribution is -2.37. The summed E-state index contributed by atoms with van der Waals surface area (Å²) in [6.07, 6.45) is 0. The van der Waals surface area contributed by atoms with E-state index in [-0.39, 0.29) is 5.41 Å². The van der Waals surface area contributed by atoms with Gasteiger partial charge >= 0.3 is 0 Å². The summed E-state index contributed by atoms with van der Waals surface area (Å²) in [5.74, 6) is 0. The Morgan fingerprint density at radius 2 is 1.05 bits per heavy atom. The maximum absolute atomic E-state index is 2.42. The van der Waals surface area contributed by atoms with Crippen LogP contribution in [0.1, 0.15) is 25.0 Å². The second kappa shape index (κ2) is 9.67. The zero-order chi connectivity index (χ0) is 30.2. The van der Waals surface area contributed by atoms with E-state index in [9.17, 15) is 0 Å². The molecule has 0 heterocycles. The van der Waals surface area contributed by atoms with Gasteiger partial charge in [0.05, 0.1) is 8.07 Å². The summed E-state index contributed by atoms with van der Waals surface area (Å²) in [7, 11) is -1.39. The summed E-state index contributed by atoms with van der Waals surface area (Å²) in [4.78, 5) is 2.39. The van der Waals surface area contributed by atoms with Crippen molar-refractivity contribution < 1.29 is 0 Å². The Kier molecular flexibility index (Phi) is 5.92. The quantitative estimate of drug-likeness (QED) is 0.147. The van der Waals surface area contributed by atoms with Crippen LogP contribution >= 0.6 is 0 Å². The first-order chi connectivity index (χ1) is 21.2. The van der Waals surface area contributed by atoms with Gasteiger partial charge in [-0.2, -0.15) is 0 Å². The summed E-state index contributed by atoms with van der Waals surface area (Å²) >= 11 is 0. The summed E-state index contributed by atoms with van der Waals surface area (Å²) in [6.45, 7) is 12.1. The number of rotatable bonds is 4. The molecule has 0 atom stereocenters. The molecule has 44 heavy (non-hydrogen) atoms. The monoisotopic (exact) mass is 583 g/mol. The third-order valence-electron chi connectivity index (χ3n) is 9.72. The molecule has 0 fully saturated rings. The van der Waals surface area contributed by atoms with E-state index in [0.29, 0.717) is 0 Å². The Labute approximate surface area is 261 Å². The van der Waals surface area contributed by atoms with Crippen molar-refractivity contribution in [1.82, 2.24) is 0 Å². The van der Waals surface area contributed by atoms with Crippen LogP contribution in [0, 0.1) is 0 Å². The average molecular weight is 584 g/mol. The van der Waals surface area contributed by atoms with Crippen molar-refractivity contribution in [3.05, 3.63) is 145 Å². The molecule has 1 nitrogen and oxygen atoms in total. The van der Waals surface area contributed by atoms with Gasteiger partial charge in [0.25, 0.3) is 0 Å². The molecule has 8 rings (SSSR count). The van der Waals surface area contributed by atoms with Crippen LogP contribution in [-0.4, -0.2) is 8.07 Å². The standard InChI is InChI=1S/C42H37NSi/c1-42(2)40-33-26-22-31(43(29-13-7-6-8-14-29)30-20-23-32(24-21-30)44(3,4)5)27-28(33)19-25-38(40)39-36-17-11-9-15-34(36)35-16-10-12-18-37(35)41(39)42/h6-27H,1-5H3. The molecule has 7 aromatic carbocycles. The van der Waals surface area contributed by atoms with Gasteiger partial charge in [-0.15, -0.1) is 0 Å². The molecule has 0 aliphatic heterocycles. The lowest BCUT2D eigenvalue weighted by atomic mass is 9.78. The predicted molar refractivity (Wildman–Crippen MR) is 194 cm³/mol. The van der Waals surface area contributed by atoms with Crippen LogP contribution < -0.4 is 10.1 Å². The number of nitrogens with zero attached hydrogens (tertiary/aromatic N) is 1. The molecule has 0 amide bonds. The van der Waals surface area contributed by atoms with Gasteiger partial charge in [-0.3, -0.25) is 0 Å². The Balaban J connectivity index is 1.34. The maximum atomic E-state index is 2.42. The fourth-order valence-electron chi connectivity index (χ4n) is 7.67. The zero-order valence-electron chi connectivity index (χ0n) is 26.1. The van der Waals surface area contributed by atoms with Crippen molar-refractivity contribution in [3.63, 3.8) is 0 Å². The minimum absolute atomic E-state index is 0.138. The van der Waals surface area contributed by atoms with E-state index in [1.807, 2.05) is 0 Å². The van der Waals surface area contributed by atoms with Crippen molar-refractivity contribution >= 4 is 62.6 Å². The fraction of sp³-hybridized carbons (Fsp3) is 0.143. The highest BCUT2D eigenvalue weighted by Crippen LogP contribution is 2.56. The normalized spacial score (nSPS) is 13.8. The average Bonchev–Trinajstić information content (AvgIpc) is 3.29. The van der Waals surface area contributed by atoms with Crippen molar-refractivity contribution in [2.45, 2.75) is 38.9 Å². The van der Waals surface area contributed by atoms with E-state index in [4.69, 9.17) is 0 Å². The van der Waals surface area contributed by atoms with Crippen molar-refractivity contribution in [3.8, 4) is 11.1 Å². The van der Waals surface area contributed by atoms with E-state index in [1.165, 1.54) is 76.8 Å². The van der Waals surface area contributed by atoms with Gasteiger partial charge in [0.1, 0.15) is 0 Å². The Hall–Kier alpha value is -4.66. The number of hydrogen-bond donors (Lipinski definition) is 0. The predicted octanol–water partition coefficient (Wildman–Crippen LogP) is 11.5. The van der Waals surface area contributed by atoms with E-state index in [1.54, 1.807) is 0 Å². The van der Waals surface area contributed by atoms with Crippen molar-refractivity contribution in [1.29, 1.82) is 0 Å². The highest BCUT2D eigenvalue weighted by Gasteiger charge is 2.39. The van der Waals surface area contributed by atoms with E-state index >= 15 is 0 Å². The number of anilines is 3. The number of para-hydroxylation sites is 1. The topological polar surface area (TPSA) is 3.24 Å². The SMILES string of the molecule is CC1(C)c2c(ccc3cc(N(c4ccccc4)c4ccc([Si](C)(C)C)cc4)ccc23)-c2c1c1ccccc1c1ccccc21. The van der Waals surface area contributed by atoms with Gasteiger partial charge in [-0.05, 0) is 91.0 Å². The molecule has 0 spiro atoms. The van der Waals surface area contributed by atoms with Gasteiger partial charge in [0.15, 0.2) is 0 Å². The summed E-state index contributed by atoms with van der Waals surface area (Å²) in [5, 5.41) is 9.47. The first kappa shape index (κ1) is 26.9. The van der Waals surface area contributed by atoms with Crippen LogP contribution in [0.2, 0.25) is 19.6 Å². The van der Waals surface area contributed by atoms with Crippen LogP contribution in [0.15, 0.2) is 133 Å². The molecule has 0 unspecified atom stereocenters. The molecule has 0 saturated carbocycles. The Bertz CT molecular complexity index is 2220. The molecule has 1 aliphatic carbocycles. The largest absolute Gasteiger partial charge is 0.310 e. The molecule has 1 aliphatic rings. The number of benzene rings is 7. The van der Waals surface area contributed by atoms with Crippen molar-refractivity contribution in [2.24, 2.45) is 0 Å². The minimum Gasteiger partial charge on any atom is -0.310 e. The Morgan fingerprint density at radius 1 is 0.477 bits per heavy atom. The molecular weight excluding hydrogens is 547 g/mol. The lowest BCUT2D eigenvalue weighted by molar-refractivity contribution is 0.672. The molecule has 0 saturated heterocycles. The first-order valence-electron chi connectivity index (χ1n) is 15.7. The second-order valence-electron chi connectivity index (χ2n) is 13.8. The zero-order valence-corrected chi connectivity index (χ0v) is 27.1. The second-order valence-corrected chi connectivity index (χ2v) is 18.9. The van der Waals surface area contributed by atoms with Crippen LogP contribution in [0.4, 0.5) is 17.1 Å². The molecular formula is C42H37NSi. The maximum Gasteiger partial charge on any atom is 0.0775 e. The molecule has 0 N–H and O–H groups in total. The highest BCUT2D eigenvalue weighted by atomic mass is 28.3. The fourth-order valence-corrected chi connectivity index (χ4v) is 8.83. The van der Waals surface area contributed by atoms with E-state index < -0.39 is 8.07 Å². The summed E-state index contributed by atoms with van der Waals surface area (Å²) in [5.41, 5.74) is 9.04. The van der Waals surface area contributed by atoms with E-state index in [0.717, 1.165) is 0 Å².